The number of nitrogens with one attached hydrogen (secondary N) is 1. The van der Waals surface area contributed by atoms with Gasteiger partial charge in [-0.05, 0) is 43.3 Å². The summed E-state index contributed by atoms with van der Waals surface area (Å²) in [6.07, 6.45) is -0.311. The van der Waals surface area contributed by atoms with E-state index in [-0.39, 0.29) is 17.7 Å². The van der Waals surface area contributed by atoms with Gasteiger partial charge in [-0.3, -0.25) is 24.6 Å². The highest BCUT2D eigenvalue weighted by molar-refractivity contribution is 6.24. The van der Waals surface area contributed by atoms with Crippen molar-refractivity contribution in [2.24, 2.45) is 0 Å². The standard InChI is InChI=1S/C27H25N3O6/c1-18-9-8-10-19(15-18)26(33)30(28-24(31)17-36-20-11-4-3-5-12-20)22-16-25(32)29(27(22)34)21-13-6-7-14-23(21)35-2/h3-15,22H,16-17H2,1-2H3,(H,28,31). The lowest BCUT2D eigenvalue weighted by molar-refractivity contribution is -0.130. The number of rotatable bonds is 7. The first-order valence-corrected chi connectivity index (χ1v) is 11.3. The first kappa shape index (κ1) is 24.5. The minimum absolute atomic E-state index is 0.260. The van der Waals surface area contributed by atoms with Crippen LogP contribution in [0.1, 0.15) is 22.3 Å². The molecule has 1 aliphatic rings. The molecule has 1 atom stereocenters. The van der Waals surface area contributed by atoms with Gasteiger partial charge in [0.2, 0.25) is 5.91 Å². The van der Waals surface area contributed by atoms with Crippen LogP contribution in [-0.2, 0) is 14.4 Å². The summed E-state index contributed by atoms with van der Waals surface area (Å²) >= 11 is 0. The molecule has 0 saturated carbocycles. The highest BCUT2D eigenvalue weighted by atomic mass is 16.5. The van der Waals surface area contributed by atoms with Crippen LogP contribution in [0.3, 0.4) is 0 Å². The van der Waals surface area contributed by atoms with Crippen LogP contribution >= 0.6 is 0 Å². The molecular weight excluding hydrogens is 462 g/mol. The first-order chi connectivity index (χ1) is 17.4. The predicted molar refractivity (Wildman–Crippen MR) is 131 cm³/mol. The molecule has 3 aromatic carbocycles. The third-order valence-corrected chi connectivity index (χ3v) is 5.60. The van der Waals surface area contributed by atoms with Gasteiger partial charge in [-0.1, -0.05) is 48.0 Å². The molecule has 0 bridgehead atoms. The van der Waals surface area contributed by atoms with E-state index in [1.165, 1.54) is 7.11 Å². The van der Waals surface area contributed by atoms with E-state index in [4.69, 9.17) is 9.47 Å². The van der Waals surface area contributed by atoms with Gasteiger partial charge in [0.05, 0.1) is 19.2 Å². The van der Waals surface area contributed by atoms with E-state index in [1.807, 2.05) is 19.1 Å². The van der Waals surface area contributed by atoms with E-state index >= 15 is 0 Å². The SMILES string of the molecule is COc1ccccc1N1C(=O)CC(N(NC(=O)COc2ccccc2)C(=O)c2cccc(C)c2)C1=O. The fourth-order valence-electron chi connectivity index (χ4n) is 3.90. The fourth-order valence-corrected chi connectivity index (χ4v) is 3.90. The molecule has 1 heterocycles. The third-order valence-electron chi connectivity index (χ3n) is 5.60. The van der Waals surface area contributed by atoms with Crippen molar-refractivity contribution in [3.63, 3.8) is 0 Å². The van der Waals surface area contributed by atoms with E-state index in [1.54, 1.807) is 66.7 Å². The lowest BCUT2D eigenvalue weighted by Crippen LogP contribution is -2.55. The summed E-state index contributed by atoms with van der Waals surface area (Å²) in [6.45, 7) is 1.42. The molecular formula is C27H25N3O6. The number of hydrazine groups is 1. The number of hydrogen-bond donors (Lipinski definition) is 1. The Morgan fingerprint density at radius 1 is 1.00 bits per heavy atom. The summed E-state index contributed by atoms with van der Waals surface area (Å²) in [4.78, 5) is 53.6. The quantitative estimate of drug-likeness (QED) is 0.406. The third kappa shape index (κ3) is 5.20. The summed E-state index contributed by atoms with van der Waals surface area (Å²) < 4.78 is 10.8. The molecule has 0 aromatic heterocycles. The predicted octanol–water partition coefficient (Wildman–Crippen LogP) is 2.89. The second-order valence-corrected chi connectivity index (χ2v) is 8.14. The molecule has 9 nitrogen and oxygen atoms in total. The Kier molecular flexibility index (Phi) is 7.29. The Morgan fingerprint density at radius 2 is 1.72 bits per heavy atom. The molecule has 36 heavy (non-hydrogen) atoms. The molecule has 0 aliphatic carbocycles. The van der Waals surface area contributed by atoms with E-state index in [9.17, 15) is 19.2 Å². The minimum Gasteiger partial charge on any atom is -0.495 e. The van der Waals surface area contributed by atoms with Crippen LogP contribution in [0.25, 0.3) is 0 Å². The van der Waals surface area contributed by atoms with Crippen LogP contribution in [0.5, 0.6) is 11.5 Å². The summed E-state index contributed by atoms with van der Waals surface area (Å²) in [5, 5.41) is 0.918. The number of hydrogen-bond acceptors (Lipinski definition) is 6. The van der Waals surface area contributed by atoms with Crippen LogP contribution in [-0.4, -0.2) is 48.4 Å². The van der Waals surface area contributed by atoms with Gasteiger partial charge in [0.15, 0.2) is 6.61 Å². The van der Waals surface area contributed by atoms with Crippen molar-refractivity contribution in [2.45, 2.75) is 19.4 Å². The molecule has 1 aliphatic heterocycles. The molecule has 184 valence electrons. The maximum atomic E-state index is 13.5. The topological polar surface area (TPSA) is 105 Å². The molecule has 4 amide bonds. The van der Waals surface area contributed by atoms with Crippen LogP contribution < -0.4 is 19.8 Å². The normalized spacial score (nSPS) is 14.9. The zero-order chi connectivity index (χ0) is 25.7. The molecule has 1 N–H and O–H groups in total. The van der Waals surface area contributed by atoms with Gasteiger partial charge in [0.25, 0.3) is 17.7 Å². The second kappa shape index (κ2) is 10.7. The Labute approximate surface area is 208 Å². The zero-order valence-corrected chi connectivity index (χ0v) is 19.8. The highest BCUT2D eigenvalue weighted by Gasteiger charge is 2.46. The number of aryl methyl sites for hydroxylation is 1. The molecule has 1 unspecified atom stereocenters. The Balaban J connectivity index is 1.61. The van der Waals surface area contributed by atoms with E-state index in [0.29, 0.717) is 11.5 Å². The number of carbonyl (C=O) groups excluding carboxylic acids is 4. The number of amides is 4. The average Bonchev–Trinajstić information content (AvgIpc) is 3.19. The van der Waals surface area contributed by atoms with E-state index < -0.39 is 36.3 Å². The number of imide groups is 1. The number of benzene rings is 3. The van der Waals surface area contributed by atoms with Crippen molar-refractivity contribution in [3.8, 4) is 11.5 Å². The van der Waals surface area contributed by atoms with Gasteiger partial charge in [0, 0.05) is 5.56 Å². The van der Waals surface area contributed by atoms with E-state index in [2.05, 4.69) is 5.43 Å². The van der Waals surface area contributed by atoms with Gasteiger partial charge in [-0.25, -0.2) is 9.91 Å². The first-order valence-electron chi connectivity index (χ1n) is 11.3. The van der Waals surface area contributed by atoms with Crippen LogP contribution in [0.4, 0.5) is 5.69 Å². The highest BCUT2D eigenvalue weighted by Crippen LogP contribution is 2.33. The molecule has 4 rings (SSSR count). The maximum absolute atomic E-state index is 13.5. The smallest absolute Gasteiger partial charge is 0.276 e. The number of para-hydroxylation sites is 3. The van der Waals surface area contributed by atoms with Crippen molar-refractivity contribution in [1.82, 2.24) is 10.4 Å². The number of nitrogens with zero attached hydrogens (tertiary/aromatic N) is 2. The molecule has 9 heteroatoms. The molecule has 0 spiro atoms. The Morgan fingerprint density at radius 3 is 2.44 bits per heavy atom. The summed E-state index contributed by atoms with van der Waals surface area (Å²) in [6, 6.07) is 20.8. The van der Waals surface area contributed by atoms with Crippen LogP contribution in [0, 0.1) is 6.92 Å². The van der Waals surface area contributed by atoms with Gasteiger partial charge in [0.1, 0.15) is 17.5 Å². The lowest BCUT2D eigenvalue weighted by atomic mass is 10.1. The molecule has 1 saturated heterocycles. The second-order valence-electron chi connectivity index (χ2n) is 8.14. The fraction of sp³-hybridized carbons (Fsp3) is 0.185. The molecule has 1 fully saturated rings. The largest absolute Gasteiger partial charge is 0.495 e. The van der Waals surface area contributed by atoms with Crippen molar-refractivity contribution in [3.05, 3.63) is 90.0 Å². The van der Waals surface area contributed by atoms with Gasteiger partial charge >= 0.3 is 0 Å². The lowest BCUT2D eigenvalue weighted by Gasteiger charge is -2.28. The Hall–Kier alpha value is -4.66. The van der Waals surface area contributed by atoms with Crippen molar-refractivity contribution >= 4 is 29.3 Å². The maximum Gasteiger partial charge on any atom is 0.276 e. The van der Waals surface area contributed by atoms with Crippen LogP contribution in [0.15, 0.2) is 78.9 Å². The Bertz CT molecular complexity index is 1290. The minimum atomic E-state index is -1.25. The average molecular weight is 488 g/mol. The van der Waals surface area contributed by atoms with Crippen LogP contribution in [0.2, 0.25) is 0 Å². The summed E-state index contributed by atoms with van der Waals surface area (Å²) in [5.74, 6) is -1.66. The number of anilines is 1. The molecule has 0 radical (unpaired) electrons. The molecule has 3 aromatic rings. The summed E-state index contributed by atoms with van der Waals surface area (Å²) in [7, 11) is 1.43. The number of carbonyl (C=O) groups is 4. The zero-order valence-electron chi connectivity index (χ0n) is 19.8. The monoisotopic (exact) mass is 487 g/mol. The van der Waals surface area contributed by atoms with Crippen molar-refractivity contribution < 1.29 is 28.7 Å². The number of methoxy groups -OCH3 is 1. The van der Waals surface area contributed by atoms with Gasteiger partial charge in [-0.2, -0.15) is 0 Å². The summed E-state index contributed by atoms with van der Waals surface area (Å²) in [5.41, 5.74) is 3.83. The van der Waals surface area contributed by atoms with Gasteiger partial charge < -0.3 is 9.47 Å². The van der Waals surface area contributed by atoms with Crippen molar-refractivity contribution in [2.75, 3.05) is 18.6 Å². The van der Waals surface area contributed by atoms with Gasteiger partial charge in [-0.15, -0.1) is 0 Å². The van der Waals surface area contributed by atoms with E-state index in [0.717, 1.165) is 15.5 Å². The number of ether oxygens (including phenoxy) is 2. The van der Waals surface area contributed by atoms with Crippen molar-refractivity contribution in [1.29, 1.82) is 0 Å².